The number of primary amides is 1. The Morgan fingerprint density at radius 3 is 2.21 bits per heavy atom. The summed E-state index contributed by atoms with van der Waals surface area (Å²) in [5, 5.41) is 5.40. The van der Waals surface area contributed by atoms with Crippen molar-refractivity contribution < 1.29 is 9.59 Å². The summed E-state index contributed by atoms with van der Waals surface area (Å²) in [4.78, 5) is 22.6. The van der Waals surface area contributed by atoms with Gasteiger partial charge in [0.15, 0.2) is 0 Å². The molecule has 5 heteroatoms. The van der Waals surface area contributed by atoms with Gasteiger partial charge in [-0.05, 0) is 43.0 Å². The van der Waals surface area contributed by atoms with Crippen LogP contribution in [0.1, 0.15) is 29.5 Å². The van der Waals surface area contributed by atoms with Crippen LogP contribution in [0.5, 0.6) is 0 Å². The first-order valence-corrected chi connectivity index (χ1v) is 8.00. The van der Waals surface area contributed by atoms with E-state index in [-0.39, 0.29) is 5.91 Å². The Labute approximate surface area is 142 Å². The van der Waals surface area contributed by atoms with E-state index in [1.807, 2.05) is 12.1 Å². The van der Waals surface area contributed by atoms with Gasteiger partial charge in [-0.2, -0.15) is 0 Å². The predicted octanol–water partition coefficient (Wildman–Crippen LogP) is 3.12. The molecule has 5 nitrogen and oxygen atoms in total. The van der Waals surface area contributed by atoms with Gasteiger partial charge in [-0.15, -0.1) is 0 Å². The molecule has 0 aliphatic carbocycles. The highest BCUT2D eigenvalue weighted by atomic mass is 16.2. The maximum Gasteiger partial charge on any atom is 0.316 e. The molecule has 0 radical (unpaired) electrons. The number of aryl methyl sites for hydroxylation is 2. The van der Waals surface area contributed by atoms with E-state index < -0.39 is 6.03 Å². The molecule has 0 fully saturated rings. The summed E-state index contributed by atoms with van der Waals surface area (Å²) in [5.74, 6) is 0.0430. The molecular formula is C19H23N3O2. The highest BCUT2D eigenvalue weighted by Gasteiger charge is 2.03. The van der Waals surface area contributed by atoms with Crippen molar-refractivity contribution in [2.24, 2.45) is 5.73 Å². The van der Waals surface area contributed by atoms with E-state index in [1.54, 1.807) is 12.1 Å². The van der Waals surface area contributed by atoms with Crippen LogP contribution in [0, 0.1) is 6.92 Å². The monoisotopic (exact) mass is 325 g/mol. The van der Waals surface area contributed by atoms with Crippen molar-refractivity contribution in [2.45, 2.75) is 32.7 Å². The normalized spacial score (nSPS) is 10.2. The zero-order chi connectivity index (χ0) is 17.4. The van der Waals surface area contributed by atoms with Gasteiger partial charge in [0.2, 0.25) is 5.91 Å². The molecular weight excluding hydrogens is 302 g/mol. The van der Waals surface area contributed by atoms with E-state index in [0.29, 0.717) is 18.7 Å². The number of nitrogens with one attached hydrogen (secondary N) is 2. The molecule has 0 saturated heterocycles. The Morgan fingerprint density at radius 2 is 1.58 bits per heavy atom. The smallest absolute Gasteiger partial charge is 0.316 e. The minimum atomic E-state index is -0.593. The number of carbonyl (C=O) groups is 2. The molecule has 2 aromatic rings. The van der Waals surface area contributed by atoms with Crippen LogP contribution in [-0.2, 0) is 17.8 Å². The molecule has 0 heterocycles. The molecule has 0 aromatic heterocycles. The average molecular weight is 325 g/mol. The molecule has 0 aliphatic heterocycles. The van der Waals surface area contributed by atoms with Crippen LogP contribution in [-0.4, -0.2) is 11.9 Å². The van der Waals surface area contributed by atoms with Gasteiger partial charge in [0.05, 0.1) is 0 Å². The lowest BCUT2D eigenvalue weighted by Gasteiger charge is -2.07. The molecule has 126 valence electrons. The summed E-state index contributed by atoms with van der Waals surface area (Å²) in [5.41, 5.74) is 9.15. The van der Waals surface area contributed by atoms with E-state index in [2.05, 4.69) is 41.8 Å². The second-order valence-electron chi connectivity index (χ2n) is 5.80. The standard InChI is InChI=1S/C19H23N3O2/c1-14-5-7-15(8-6-14)3-2-4-18(23)21-13-16-9-11-17(12-10-16)22-19(20)24/h5-12H,2-4,13H2,1H3,(H,21,23)(H3,20,22,24). The Kier molecular flexibility index (Phi) is 6.37. The molecule has 0 spiro atoms. The first-order valence-electron chi connectivity index (χ1n) is 8.00. The van der Waals surface area contributed by atoms with E-state index in [0.717, 1.165) is 18.4 Å². The molecule has 3 amide bonds. The fourth-order valence-corrected chi connectivity index (χ4v) is 2.35. The lowest BCUT2D eigenvalue weighted by molar-refractivity contribution is -0.121. The van der Waals surface area contributed by atoms with E-state index in [4.69, 9.17) is 5.73 Å². The van der Waals surface area contributed by atoms with Gasteiger partial charge in [0.1, 0.15) is 0 Å². The number of carbonyl (C=O) groups excluding carboxylic acids is 2. The number of anilines is 1. The van der Waals surface area contributed by atoms with Crippen LogP contribution in [0.3, 0.4) is 0 Å². The minimum absolute atomic E-state index is 0.0430. The number of hydrogen-bond acceptors (Lipinski definition) is 2. The van der Waals surface area contributed by atoms with Gasteiger partial charge in [-0.1, -0.05) is 42.0 Å². The molecule has 2 rings (SSSR count). The maximum atomic E-state index is 11.9. The number of hydrogen-bond donors (Lipinski definition) is 3. The topological polar surface area (TPSA) is 84.2 Å². The number of benzene rings is 2. The molecule has 0 bridgehead atoms. The zero-order valence-corrected chi connectivity index (χ0v) is 13.8. The van der Waals surface area contributed by atoms with Gasteiger partial charge in [-0.3, -0.25) is 4.79 Å². The number of urea groups is 1. The van der Waals surface area contributed by atoms with Crippen molar-refractivity contribution in [3.63, 3.8) is 0 Å². The van der Waals surface area contributed by atoms with Crippen LogP contribution in [0.15, 0.2) is 48.5 Å². The quantitative estimate of drug-likeness (QED) is 0.730. The average Bonchev–Trinajstić information content (AvgIpc) is 2.55. The fourth-order valence-electron chi connectivity index (χ4n) is 2.35. The first-order chi connectivity index (χ1) is 11.5. The van der Waals surface area contributed by atoms with E-state index in [9.17, 15) is 9.59 Å². The summed E-state index contributed by atoms with van der Waals surface area (Å²) in [7, 11) is 0. The highest BCUT2D eigenvalue weighted by Crippen LogP contribution is 2.10. The van der Waals surface area contributed by atoms with Crippen LogP contribution in [0.4, 0.5) is 10.5 Å². The van der Waals surface area contributed by atoms with E-state index >= 15 is 0 Å². The predicted molar refractivity (Wildman–Crippen MR) is 95.6 cm³/mol. The van der Waals surface area contributed by atoms with Crippen LogP contribution in [0.25, 0.3) is 0 Å². The molecule has 0 unspecified atom stereocenters. The highest BCUT2D eigenvalue weighted by molar-refractivity contribution is 5.87. The number of nitrogens with two attached hydrogens (primary N) is 1. The third-order valence-corrected chi connectivity index (χ3v) is 3.70. The van der Waals surface area contributed by atoms with Crippen LogP contribution in [0.2, 0.25) is 0 Å². The van der Waals surface area contributed by atoms with Gasteiger partial charge >= 0.3 is 6.03 Å². The van der Waals surface area contributed by atoms with E-state index in [1.165, 1.54) is 11.1 Å². The first kappa shape index (κ1) is 17.5. The van der Waals surface area contributed by atoms with Crippen molar-refractivity contribution in [1.82, 2.24) is 5.32 Å². The van der Waals surface area contributed by atoms with Crippen molar-refractivity contribution in [3.05, 3.63) is 65.2 Å². The maximum absolute atomic E-state index is 11.9. The summed E-state index contributed by atoms with van der Waals surface area (Å²) in [6, 6.07) is 15.0. The van der Waals surface area contributed by atoms with Crippen LogP contribution >= 0.6 is 0 Å². The van der Waals surface area contributed by atoms with Gasteiger partial charge in [0.25, 0.3) is 0 Å². The van der Waals surface area contributed by atoms with Crippen LogP contribution < -0.4 is 16.4 Å². The summed E-state index contributed by atoms with van der Waals surface area (Å²) in [6.45, 7) is 2.54. The third-order valence-electron chi connectivity index (χ3n) is 3.70. The largest absolute Gasteiger partial charge is 0.352 e. The number of rotatable bonds is 7. The number of amides is 3. The van der Waals surface area contributed by atoms with Gasteiger partial charge in [-0.25, -0.2) is 4.79 Å². The SMILES string of the molecule is Cc1ccc(CCCC(=O)NCc2ccc(NC(N)=O)cc2)cc1. The van der Waals surface area contributed by atoms with Crippen molar-refractivity contribution in [2.75, 3.05) is 5.32 Å². The molecule has 4 N–H and O–H groups in total. The van der Waals surface area contributed by atoms with Crippen molar-refractivity contribution >= 4 is 17.6 Å². The third kappa shape index (κ3) is 6.12. The van der Waals surface area contributed by atoms with Gasteiger partial charge in [0, 0.05) is 18.7 Å². The minimum Gasteiger partial charge on any atom is -0.352 e. The van der Waals surface area contributed by atoms with Gasteiger partial charge < -0.3 is 16.4 Å². The Balaban J connectivity index is 1.69. The van der Waals surface area contributed by atoms with Crippen molar-refractivity contribution in [3.8, 4) is 0 Å². The Hall–Kier alpha value is -2.82. The molecule has 24 heavy (non-hydrogen) atoms. The van der Waals surface area contributed by atoms with Crippen molar-refractivity contribution in [1.29, 1.82) is 0 Å². The summed E-state index contributed by atoms with van der Waals surface area (Å²) < 4.78 is 0. The fraction of sp³-hybridized carbons (Fsp3) is 0.263. The summed E-state index contributed by atoms with van der Waals surface area (Å²) >= 11 is 0. The Bertz CT molecular complexity index is 679. The lowest BCUT2D eigenvalue weighted by Crippen LogP contribution is -2.22. The second kappa shape index (κ2) is 8.72. The molecule has 0 saturated carbocycles. The summed E-state index contributed by atoms with van der Waals surface area (Å²) in [6.07, 6.45) is 2.24. The second-order valence-corrected chi connectivity index (χ2v) is 5.80. The molecule has 0 aliphatic rings. The lowest BCUT2D eigenvalue weighted by atomic mass is 10.1. The molecule has 0 atom stereocenters. The zero-order valence-electron chi connectivity index (χ0n) is 13.8. The molecule has 2 aromatic carbocycles. The Morgan fingerprint density at radius 1 is 0.958 bits per heavy atom.